The number of anilines is 1. The third-order valence-corrected chi connectivity index (χ3v) is 3.94. The number of nitrogen functional groups attached to an aromatic ring is 1. The molecule has 2 aromatic rings. The molecule has 0 aliphatic heterocycles. The molecule has 0 spiro atoms. The first-order chi connectivity index (χ1) is 8.90. The number of H-pyrrole nitrogens is 1. The van der Waals surface area contributed by atoms with Crippen LogP contribution in [0, 0.1) is 12.7 Å². The van der Waals surface area contributed by atoms with Gasteiger partial charge in [0.05, 0.1) is 17.1 Å². The molecule has 2 rings (SSSR count). The van der Waals surface area contributed by atoms with E-state index in [4.69, 9.17) is 5.73 Å². The molecule has 0 unspecified atom stereocenters. The molecule has 4 N–H and O–H groups in total. The zero-order valence-corrected chi connectivity index (χ0v) is 10.7. The minimum Gasteiger partial charge on any atom is -0.396 e. The zero-order chi connectivity index (χ0) is 14.0. The zero-order valence-electron chi connectivity index (χ0n) is 9.88. The number of tetrazole rings is 1. The van der Waals surface area contributed by atoms with E-state index in [1.807, 2.05) is 0 Å². The number of hydrogen-bond donors (Lipinski definition) is 3. The maximum Gasteiger partial charge on any atom is 0.241 e. The average Bonchev–Trinajstić information content (AvgIpc) is 2.84. The van der Waals surface area contributed by atoms with Crippen LogP contribution in [-0.4, -0.2) is 29.0 Å². The molecule has 102 valence electrons. The van der Waals surface area contributed by atoms with E-state index < -0.39 is 15.8 Å². The van der Waals surface area contributed by atoms with Crippen LogP contribution in [0.2, 0.25) is 0 Å². The highest BCUT2D eigenvalue weighted by Gasteiger charge is 2.19. The van der Waals surface area contributed by atoms with E-state index in [9.17, 15) is 12.8 Å². The summed E-state index contributed by atoms with van der Waals surface area (Å²) in [6.45, 7) is 1.35. The van der Waals surface area contributed by atoms with Gasteiger partial charge in [-0.2, -0.15) is 5.21 Å². The van der Waals surface area contributed by atoms with Crippen LogP contribution < -0.4 is 10.5 Å². The fraction of sp³-hybridized carbons (Fsp3) is 0.222. The van der Waals surface area contributed by atoms with Gasteiger partial charge in [0, 0.05) is 0 Å². The van der Waals surface area contributed by atoms with E-state index in [0.29, 0.717) is 0 Å². The van der Waals surface area contributed by atoms with Crippen LogP contribution in [0.3, 0.4) is 0 Å². The average molecular weight is 286 g/mol. The molecule has 10 heteroatoms. The predicted molar refractivity (Wildman–Crippen MR) is 63.8 cm³/mol. The SMILES string of the molecule is Cc1cc(F)c(N)cc1S(=O)(=O)NCc1nn[nH]n1. The Hall–Kier alpha value is -2.07. The number of hydrogen-bond acceptors (Lipinski definition) is 6. The Morgan fingerprint density at radius 2 is 2.21 bits per heavy atom. The smallest absolute Gasteiger partial charge is 0.241 e. The van der Waals surface area contributed by atoms with Crippen molar-refractivity contribution in [3.05, 3.63) is 29.3 Å². The van der Waals surface area contributed by atoms with Crippen molar-refractivity contribution < 1.29 is 12.8 Å². The quantitative estimate of drug-likeness (QED) is 0.663. The van der Waals surface area contributed by atoms with E-state index in [1.54, 1.807) is 0 Å². The summed E-state index contributed by atoms with van der Waals surface area (Å²) >= 11 is 0. The first kappa shape index (κ1) is 13.4. The van der Waals surface area contributed by atoms with Crippen molar-refractivity contribution in [1.29, 1.82) is 0 Å². The highest BCUT2D eigenvalue weighted by atomic mass is 32.2. The number of aromatic amines is 1. The molecular weight excluding hydrogens is 275 g/mol. The van der Waals surface area contributed by atoms with Crippen LogP contribution in [0.1, 0.15) is 11.4 Å². The molecule has 19 heavy (non-hydrogen) atoms. The second-order valence-corrected chi connectivity index (χ2v) is 5.53. The van der Waals surface area contributed by atoms with Gasteiger partial charge in [0.25, 0.3) is 0 Å². The van der Waals surface area contributed by atoms with Crippen LogP contribution in [0.15, 0.2) is 17.0 Å². The molecule has 8 nitrogen and oxygen atoms in total. The summed E-state index contributed by atoms with van der Waals surface area (Å²) in [7, 11) is -3.82. The molecule has 1 aromatic heterocycles. The van der Waals surface area contributed by atoms with Gasteiger partial charge in [0.2, 0.25) is 10.0 Å². The molecule has 0 saturated carbocycles. The lowest BCUT2D eigenvalue weighted by Gasteiger charge is -2.09. The molecule has 1 heterocycles. The Morgan fingerprint density at radius 3 is 2.84 bits per heavy atom. The number of nitrogens with two attached hydrogens (primary N) is 1. The van der Waals surface area contributed by atoms with E-state index in [0.717, 1.165) is 12.1 Å². The number of rotatable bonds is 4. The minimum absolute atomic E-state index is 0.0881. The lowest BCUT2D eigenvalue weighted by atomic mass is 10.2. The van der Waals surface area contributed by atoms with Crippen molar-refractivity contribution in [1.82, 2.24) is 25.3 Å². The third-order valence-electron chi connectivity index (χ3n) is 2.39. The van der Waals surface area contributed by atoms with Crippen LogP contribution in [0.4, 0.5) is 10.1 Å². The number of sulfonamides is 1. The van der Waals surface area contributed by atoms with Crippen LogP contribution >= 0.6 is 0 Å². The highest BCUT2D eigenvalue weighted by molar-refractivity contribution is 7.89. The Labute approximate surface area is 108 Å². The van der Waals surface area contributed by atoms with Gasteiger partial charge >= 0.3 is 0 Å². The summed E-state index contributed by atoms with van der Waals surface area (Å²) < 4.78 is 39.5. The number of aryl methyl sites for hydroxylation is 1. The minimum atomic E-state index is -3.82. The Morgan fingerprint density at radius 1 is 1.47 bits per heavy atom. The first-order valence-electron chi connectivity index (χ1n) is 5.18. The van der Waals surface area contributed by atoms with Gasteiger partial charge in [0.15, 0.2) is 5.82 Å². The summed E-state index contributed by atoms with van der Waals surface area (Å²) in [5.41, 5.74) is 5.40. The number of aromatic nitrogens is 4. The first-order valence-corrected chi connectivity index (χ1v) is 6.66. The lowest BCUT2D eigenvalue weighted by molar-refractivity contribution is 0.577. The van der Waals surface area contributed by atoms with Gasteiger partial charge in [0.1, 0.15) is 5.82 Å². The van der Waals surface area contributed by atoms with Gasteiger partial charge in [-0.25, -0.2) is 17.5 Å². The van der Waals surface area contributed by atoms with Crippen LogP contribution in [0.25, 0.3) is 0 Å². The topological polar surface area (TPSA) is 127 Å². The molecule has 0 bridgehead atoms. The van der Waals surface area contributed by atoms with Gasteiger partial charge < -0.3 is 5.73 Å². The van der Waals surface area contributed by atoms with Crippen molar-refractivity contribution in [2.24, 2.45) is 0 Å². The molecule has 0 aliphatic carbocycles. The van der Waals surface area contributed by atoms with Gasteiger partial charge in [-0.3, -0.25) is 0 Å². The lowest BCUT2D eigenvalue weighted by Crippen LogP contribution is -2.25. The number of nitrogens with zero attached hydrogens (tertiary/aromatic N) is 3. The van der Waals surface area contributed by atoms with E-state index in [-0.39, 0.29) is 28.5 Å². The van der Waals surface area contributed by atoms with E-state index >= 15 is 0 Å². The number of benzene rings is 1. The van der Waals surface area contributed by atoms with Crippen molar-refractivity contribution >= 4 is 15.7 Å². The van der Waals surface area contributed by atoms with Crippen molar-refractivity contribution in [2.45, 2.75) is 18.4 Å². The van der Waals surface area contributed by atoms with Crippen molar-refractivity contribution in [3.63, 3.8) is 0 Å². The normalized spacial score (nSPS) is 11.7. The molecule has 0 atom stereocenters. The summed E-state index contributed by atoms with van der Waals surface area (Å²) in [5, 5.41) is 12.7. The number of nitrogens with one attached hydrogen (secondary N) is 2. The molecule has 0 amide bonds. The van der Waals surface area contributed by atoms with Gasteiger partial charge in [-0.05, 0) is 24.6 Å². The highest BCUT2D eigenvalue weighted by Crippen LogP contribution is 2.21. The Bertz CT molecular complexity index is 685. The third kappa shape index (κ3) is 2.85. The summed E-state index contributed by atoms with van der Waals surface area (Å²) in [5.74, 6) is -0.467. The largest absolute Gasteiger partial charge is 0.396 e. The second kappa shape index (κ2) is 4.90. The van der Waals surface area contributed by atoms with Crippen molar-refractivity contribution in [2.75, 3.05) is 5.73 Å². The second-order valence-electron chi connectivity index (χ2n) is 3.79. The summed E-state index contributed by atoms with van der Waals surface area (Å²) in [6.07, 6.45) is 0. The van der Waals surface area contributed by atoms with E-state index in [1.165, 1.54) is 6.92 Å². The molecule has 0 aliphatic rings. The maximum atomic E-state index is 13.2. The molecule has 0 saturated heterocycles. The Kier molecular flexibility index (Phi) is 3.44. The standard InChI is InChI=1S/C9H11FN6O2S/c1-5-2-6(10)7(11)3-8(5)19(17,18)12-4-9-13-15-16-14-9/h2-3,12H,4,11H2,1H3,(H,13,14,15,16). The Balaban J connectivity index is 2.27. The summed E-state index contributed by atoms with van der Waals surface area (Å²) in [6, 6.07) is 2.14. The van der Waals surface area contributed by atoms with Gasteiger partial charge in [-0.15, -0.1) is 10.2 Å². The summed E-state index contributed by atoms with van der Waals surface area (Å²) in [4.78, 5) is -0.0881. The molecule has 0 radical (unpaired) electrons. The van der Waals surface area contributed by atoms with Crippen LogP contribution in [0.5, 0.6) is 0 Å². The fourth-order valence-corrected chi connectivity index (χ4v) is 2.69. The van der Waals surface area contributed by atoms with Crippen molar-refractivity contribution in [3.8, 4) is 0 Å². The fourth-order valence-electron chi connectivity index (χ4n) is 1.45. The molecular formula is C9H11FN6O2S. The van der Waals surface area contributed by atoms with E-state index in [2.05, 4.69) is 25.3 Å². The number of halogens is 1. The van der Waals surface area contributed by atoms with Gasteiger partial charge in [-0.1, -0.05) is 5.21 Å². The predicted octanol–water partition coefficient (Wildman–Crippen LogP) is -0.292. The maximum absolute atomic E-state index is 13.2. The molecule has 0 fully saturated rings. The monoisotopic (exact) mass is 286 g/mol. The van der Waals surface area contributed by atoms with Crippen LogP contribution in [-0.2, 0) is 16.6 Å². The molecule has 1 aromatic carbocycles.